The van der Waals surface area contributed by atoms with Crippen LogP contribution in [0.3, 0.4) is 0 Å². The number of carbonyl (C=O) groups excluding carboxylic acids is 2. The average Bonchev–Trinajstić information content (AvgIpc) is 3.12. The summed E-state index contributed by atoms with van der Waals surface area (Å²) in [6.45, 7) is 6.04. The summed E-state index contributed by atoms with van der Waals surface area (Å²) < 4.78 is 5.22. The van der Waals surface area contributed by atoms with Gasteiger partial charge in [0.25, 0.3) is 0 Å². The van der Waals surface area contributed by atoms with Crippen LogP contribution in [-0.4, -0.2) is 47.1 Å². The lowest BCUT2D eigenvalue weighted by Gasteiger charge is -2.33. The first kappa shape index (κ1) is 22.8. The molecule has 1 aliphatic rings. The van der Waals surface area contributed by atoms with Crippen molar-refractivity contribution in [3.63, 3.8) is 0 Å². The zero-order valence-corrected chi connectivity index (χ0v) is 18.9. The van der Waals surface area contributed by atoms with Crippen molar-refractivity contribution in [2.75, 3.05) is 20.2 Å². The number of ether oxygens (including phenoxy) is 1. The highest BCUT2D eigenvalue weighted by Crippen LogP contribution is 2.22. The van der Waals surface area contributed by atoms with Crippen LogP contribution < -0.4 is 10.1 Å². The van der Waals surface area contributed by atoms with E-state index < -0.39 is 0 Å². The van der Waals surface area contributed by atoms with Crippen molar-refractivity contribution in [1.82, 2.24) is 20.4 Å². The number of hydrogen-bond acceptors (Lipinski definition) is 4. The van der Waals surface area contributed by atoms with Gasteiger partial charge in [0.15, 0.2) is 0 Å². The fourth-order valence-corrected chi connectivity index (χ4v) is 4.27. The molecule has 1 atom stereocenters. The summed E-state index contributed by atoms with van der Waals surface area (Å²) in [6.07, 6.45) is 4.62. The highest BCUT2D eigenvalue weighted by molar-refractivity contribution is 5.77. The van der Waals surface area contributed by atoms with Gasteiger partial charge in [0.1, 0.15) is 5.75 Å². The Labute approximate surface area is 184 Å². The first-order valence-corrected chi connectivity index (χ1v) is 11.1. The van der Waals surface area contributed by atoms with E-state index in [9.17, 15) is 9.59 Å². The number of benzene rings is 1. The first-order chi connectivity index (χ1) is 15.0. The van der Waals surface area contributed by atoms with E-state index in [4.69, 9.17) is 4.74 Å². The Balaban J connectivity index is 1.39. The minimum Gasteiger partial charge on any atom is -0.497 e. The summed E-state index contributed by atoms with van der Waals surface area (Å²) in [5.74, 6) is 1.43. The van der Waals surface area contributed by atoms with Crippen molar-refractivity contribution in [3.05, 3.63) is 46.8 Å². The van der Waals surface area contributed by atoms with E-state index in [1.54, 1.807) is 7.11 Å². The van der Waals surface area contributed by atoms with Gasteiger partial charge in [-0.05, 0) is 68.7 Å². The van der Waals surface area contributed by atoms with Gasteiger partial charge in [-0.2, -0.15) is 5.10 Å². The molecule has 2 heterocycles. The molecule has 2 amide bonds. The Kier molecular flexibility index (Phi) is 8.09. The van der Waals surface area contributed by atoms with E-state index in [2.05, 4.69) is 15.5 Å². The van der Waals surface area contributed by atoms with Gasteiger partial charge in [-0.3, -0.25) is 14.7 Å². The number of hydrogen-bond donors (Lipinski definition) is 2. The largest absolute Gasteiger partial charge is 0.497 e. The highest BCUT2D eigenvalue weighted by atomic mass is 16.5. The molecule has 31 heavy (non-hydrogen) atoms. The van der Waals surface area contributed by atoms with Crippen LogP contribution in [0.4, 0.5) is 0 Å². The molecule has 168 valence electrons. The number of aromatic amines is 1. The van der Waals surface area contributed by atoms with Gasteiger partial charge in [-0.15, -0.1) is 0 Å². The number of piperidine rings is 1. The standard InChI is InChI=1S/C24H34N4O3/c1-17-22(18(2)27-26-17)10-12-24(30)28-13-5-7-19(16-28)9-11-23(29)25-15-20-6-4-8-21(14-20)31-3/h4,6,8,14,19H,5,7,9-13,15-16H2,1-3H3,(H,25,29)(H,26,27). The second kappa shape index (κ2) is 11.0. The Hall–Kier alpha value is -2.83. The molecule has 1 fully saturated rings. The smallest absolute Gasteiger partial charge is 0.222 e. The molecule has 1 saturated heterocycles. The van der Waals surface area contributed by atoms with Gasteiger partial charge >= 0.3 is 0 Å². The van der Waals surface area contributed by atoms with Crippen LogP contribution in [0.1, 0.15) is 54.6 Å². The van der Waals surface area contributed by atoms with Crippen molar-refractivity contribution in [3.8, 4) is 5.75 Å². The number of nitrogens with zero attached hydrogens (tertiary/aromatic N) is 2. The third-order valence-corrected chi connectivity index (χ3v) is 6.14. The maximum absolute atomic E-state index is 12.7. The van der Waals surface area contributed by atoms with Crippen molar-refractivity contribution >= 4 is 11.8 Å². The Bertz CT molecular complexity index is 873. The summed E-state index contributed by atoms with van der Waals surface area (Å²) in [5, 5.41) is 10.2. The van der Waals surface area contributed by atoms with Crippen LogP contribution >= 0.6 is 0 Å². The lowest BCUT2D eigenvalue weighted by Crippen LogP contribution is -2.40. The maximum Gasteiger partial charge on any atom is 0.222 e. The summed E-state index contributed by atoms with van der Waals surface area (Å²) in [4.78, 5) is 27.0. The molecule has 2 aromatic rings. The van der Waals surface area contributed by atoms with Crippen molar-refractivity contribution in [1.29, 1.82) is 0 Å². The zero-order valence-electron chi connectivity index (χ0n) is 18.9. The summed E-state index contributed by atoms with van der Waals surface area (Å²) >= 11 is 0. The third kappa shape index (κ3) is 6.57. The van der Waals surface area contributed by atoms with Gasteiger partial charge in [-0.25, -0.2) is 0 Å². The van der Waals surface area contributed by atoms with Gasteiger partial charge in [0.05, 0.1) is 12.8 Å². The molecule has 1 aromatic carbocycles. The molecule has 0 saturated carbocycles. The number of rotatable bonds is 9. The van der Waals surface area contributed by atoms with Crippen LogP contribution in [0, 0.1) is 19.8 Å². The van der Waals surface area contributed by atoms with E-state index in [0.29, 0.717) is 25.3 Å². The van der Waals surface area contributed by atoms with Gasteiger partial charge < -0.3 is 15.0 Å². The summed E-state index contributed by atoms with van der Waals surface area (Å²) in [7, 11) is 1.63. The molecule has 0 spiro atoms. The van der Waals surface area contributed by atoms with E-state index in [0.717, 1.165) is 67.0 Å². The molecule has 1 unspecified atom stereocenters. The number of nitrogens with one attached hydrogen (secondary N) is 2. The van der Waals surface area contributed by atoms with Crippen molar-refractivity contribution in [2.45, 2.75) is 58.9 Å². The molecular formula is C24H34N4O3. The highest BCUT2D eigenvalue weighted by Gasteiger charge is 2.24. The minimum atomic E-state index is 0.0529. The number of carbonyl (C=O) groups is 2. The zero-order chi connectivity index (χ0) is 22.2. The molecule has 3 rings (SSSR count). The fourth-order valence-electron chi connectivity index (χ4n) is 4.27. The molecule has 7 heteroatoms. The van der Waals surface area contributed by atoms with Crippen LogP contribution in [0.25, 0.3) is 0 Å². The SMILES string of the molecule is COc1cccc(CNC(=O)CCC2CCCN(C(=O)CCc3c(C)n[nH]c3C)C2)c1. The molecule has 0 bridgehead atoms. The maximum atomic E-state index is 12.7. The van der Waals surface area contributed by atoms with Gasteiger partial charge in [0, 0.05) is 38.2 Å². The number of H-pyrrole nitrogens is 1. The van der Waals surface area contributed by atoms with Crippen molar-refractivity contribution < 1.29 is 14.3 Å². The predicted octanol–water partition coefficient (Wildman–Crippen LogP) is 3.30. The number of amides is 2. The molecule has 1 aromatic heterocycles. The van der Waals surface area contributed by atoms with Crippen LogP contribution in [0.15, 0.2) is 24.3 Å². The van der Waals surface area contributed by atoms with Crippen LogP contribution in [-0.2, 0) is 22.6 Å². The second-order valence-corrected chi connectivity index (χ2v) is 8.43. The normalized spacial score (nSPS) is 16.2. The van der Waals surface area contributed by atoms with Crippen LogP contribution in [0.5, 0.6) is 5.75 Å². The second-order valence-electron chi connectivity index (χ2n) is 8.43. The molecule has 0 radical (unpaired) electrons. The minimum absolute atomic E-state index is 0.0529. The van der Waals surface area contributed by atoms with E-state index >= 15 is 0 Å². The number of likely N-dealkylation sites (tertiary alicyclic amines) is 1. The molecule has 7 nitrogen and oxygen atoms in total. The number of aromatic nitrogens is 2. The number of methoxy groups -OCH3 is 1. The molecular weight excluding hydrogens is 392 g/mol. The van der Waals surface area contributed by atoms with E-state index in [-0.39, 0.29) is 11.8 Å². The third-order valence-electron chi connectivity index (χ3n) is 6.14. The Morgan fingerprint density at radius 3 is 2.87 bits per heavy atom. The fraction of sp³-hybridized carbons (Fsp3) is 0.542. The Morgan fingerprint density at radius 1 is 1.29 bits per heavy atom. The molecule has 2 N–H and O–H groups in total. The van der Waals surface area contributed by atoms with Gasteiger partial charge in [-0.1, -0.05) is 12.1 Å². The summed E-state index contributed by atoms with van der Waals surface area (Å²) in [6, 6.07) is 7.71. The molecule has 1 aliphatic heterocycles. The molecule has 0 aliphatic carbocycles. The number of aryl methyl sites for hydroxylation is 2. The quantitative estimate of drug-likeness (QED) is 0.644. The lowest BCUT2D eigenvalue weighted by molar-refractivity contribution is -0.133. The lowest BCUT2D eigenvalue weighted by atomic mass is 9.93. The van der Waals surface area contributed by atoms with Crippen LogP contribution in [0.2, 0.25) is 0 Å². The first-order valence-electron chi connectivity index (χ1n) is 11.1. The monoisotopic (exact) mass is 426 g/mol. The topological polar surface area (TPSA) is 87.3 Å². The van der Waals surface area contributed by atoms with E-state index in [1.165, 1.54) is 0 Å². The predicted molar refractivity (Wildman–Crippen MR) is 120 cm³/mol. The average molecular weight is 427 g/mol. The van der Waals surface area contributed by atoms with Gasteiger partial charge in [0.2, 0.25) is 11.8 Å². The van der Waals surface area contributed by atoms with E-state index in [1.807, 2.05) is 43.0 Å². The van der Waals surface area contributed by atoms with Crippen molar-refractivity contribution in [2.24, 2.45) is 5.92 Å². The summed E-state index contributed by atoms with van der Waals surface area (Å²) in [5.41, 5.74) is 4.18. The Morgan fingerprint density at radius 2 is 2.13 bits per heavy atom.